The fourth-order valence-corrected chi connectivity index (χ4v) is 2.47. The third-order valence-corrected chi connectivity index (χ3v) is 3.46. The van der Waals surface area contributed by atoms with Crippen molar-refractivity contribution in [3.8, 4) is 0 Å². The molecule has 0 aromatic heterocycles. The average Bonchev–Trinajstić information content (AvgIpc) is 2.46. The van der Waals surface area contributed by atoms with Gasteiger partial charge < -0.3 is 4.74 Å². The highest BCUT2D eigenvalue weighted by molar-refractivity contribution is 5.86. The molecular formula is C17H20O2. The van der Waals surface area contributed by atoms with Crippen molar-refractivity contribution >= 4 is 17.2 Å². The van der Waals surface area contributed by atoms with Gasteiger partial charge in [0.15, 0.2) is 0 Å². The number of carbonyl (C=O) groups excluding carboxylic acids is 1. The van der Waals surface area contributed by atoms with Crippen molar-refractivity contribution in [1.82, 2.24) is 0 Å². The van der Waals surface area contributed by atoms with Crippen LogP contribution in [0.15, 0.2) is 42.5 Å². The minimum atomic E-state index is -0.129. The molecule has 1 atom stereocenters. The number of benzene rings is 2. The molecule has 0 radical (unpaired) electrons. The Balaban J connectivity index is 2.29. The molecule has 0 bridgehead atoms. The number of unbranched alkanes of at least 4 members (excludes halogenated alkanes) is 2. The first-order chi connectivity index (χ1) is 9.36. The number of hydrogen-bond donors (Lipinski definition) is 0. The van der Waals surface area contributed by atoms with Crippen LogP contribution in [0.3, 0.4) is 0 Å². The van der Waals surface area contributed by atoms with Gasteiger partial charge in [0.05, 0.1) is 0 Å². The van der Waals surface area contributed by atoms with Crippen LogP contribution in [-0.2, 0) is 9.53 Å². The Hall–Kier alpha value is -1.83. The van der Waals surface area contributed by atoms with E-state index in [2.05, 4.69) is 31.2 Å². The Morgan fingerprint density at radius 1 is 1.11 bits per heavy atom. The minimum Gasteiger partial charge on any atom is -0.460 e. The Labute approximate surface area is 114 Å². The lowest BCUT2D eigenvalue weighted by molar-refractivity contribution is -0.134. The van der Waals surface area contributed by atoms with E-state index in [1.165, 1.54) is 23.6 Å². The van der Waals surface area contributed by atoms with Gasteiger partial charge >= 0.3 is 0 Å². The summed E-state index contributed by atoms with van der Waals surface area (Å²) in [7, 11) is 0. The van der Waals surface area contributed by atoms with Crippen molar-refractivity contribution in [2.75, 3.05) is 0 Å². The van der Waals surface area contributed by atoms with Gasteiger partial charge in [-0.25, -0.2) is 0 Å². The molecule has 0 aliphatic heterocycles. The molecule has 0 N–H and O–H groups in total. The smallest absolute Gasteiger partial charge is 0.293 e. The standard InChI is InChI=1S/C17H20O2/c1-2-3-4-12-17(19-13-18)16-11-7-9-14-8-5-6-10-15(14)16/h5-11,13,17H,2-4,12H2,1H3. The molecule has 1 unspecified atom stereocenters. The van der Waals surface area contributed by atoms with E-state index < -0.39 is 0 Å². The van der Waals surface area contributed by atoms with Crippen molar-refractivity contribution in [3.63, 3.8) is 0 Å². The Morgan fingerprint density at radius 3 is 2.68 bits per heavy atom. The minimum absolute atomic E-state index is 0.129. The third kappa shape index (κ3) is 3.34. The maximum Gasteiger partial charge on any atom is 0.293 e. The van der Waals surface area contributed by atoms with E-state index in [4.69, 9.17) is 4.74 Å². The van der Waals surface area contributed by atoms with Crippen molar-refractivity contribution in [1.29, 1.82) is 0 Å². The highest BCUT2D eigenvalue weighted by atomic mass is 16.5. The van der Waals surface area contributed by atoms with E-state index in [1.54, 1.807) is 0 Å². The lowest BCUT2D eigenvalue weighted by Gasteiger charge is -2.17. The van der Waals surface area contributed by atoms with Crippen molar-refractivity contribution < 1.29 is 9.53 Å². The molecule has 2 rings (SSSR count). The molecule has 0 fully saturated rings. The molecule has 2 aromatic carbocycles. The maximum absolute atomic E-state index is 10.7. The monoisotopic (exact) mass is 256 g/mol. The van der Waals surface area contributed by atoms with Gasteiger partial charge in [-0.3, -0.25) is 4.79 Å². The first kappa shape index (κ1) is 13.6. The highest BCUT2D eigenvalue weighted by Gasteiger charge is 2.14. The van der Waals surface area contributed by atoms with Crippen molar-refractivity contribution in [2.45, 2.75) is 38.7 Å². The fourth-order valence-electron chi connectivity index (χ4n) is 2.47. The Morgan fingerprint density at radius 2 is 1.89 bits per heavy atom. The summed E-state index contributed by atoms with van der Waals surface area (Å²) in [5, 5.41) is 2.36. The van der Waals surface area contributed by atoms with Crippen LogP contribution in [0.25, 0.3) is 10.8 Å². The molecule has 100 valence electrons. The summed E-state index contributed by atoms with van der Waals surface area (Å²) in [5.41, 5.74) is 1.11. The van der Waals surface area contributed by atoms with Crippen molar-refractivity contribution in [2.24, 2.45) is 0 Å². The number of rotatable bonds is 7. The normalized spacial score (nSPS) is 12.3. The third-order valence-electron chi connectivity index (χ3n) is 3.46. The van der Waals surface area contributed by atoms with Gasteiger partial charge in [-0.1, -0.05) is 62.2 Å². The van der Waals surface area contributed by atoms with Gasteiger partial charge in [-0.15, -0.1) is 0 Å². The predicted molar refractivity (Wildman–Crippen MR) is 78.0 cm³/mol. The zero-order chi connectivity index (χ0) is 13.5. The van der Waals surface area contributed by atoms with Crippen LogP contribution in [0.5, 0.6) is 0 Å². The summed E-state index contributed by atoms with van der Waals surface area (Å²) < 4.78 is 5.30. The molecule has 0 saturated carbocycles. The molecule has 19 heavy (non-hydrogen) atoms. The van der Waals surface area contributed by atoms with E-state index >= 15 is 0 Å². The largest absolute Gasteiger partial charge is 0.460 e. The summed E-state index contributed by atoms with van der Waals surface area (Å²) in [6, 6.07) is 14.4. The zero-order valence-corrected chi connectivity index (χ0v) is 11.3. The molecule has 0 amide bonds. The molecule has 0 spiro atoms. The molecule has 2 aromatic rings. The van der Waals surface area contributed by atoms with Crippen LogP contribution >= 0.6 is 0 Å². The summed E-state index contributed by atoms with van der Waals surface area (Å²) in [4.78, 5) is 10.7. The number of fused-ring (bicyclic) bond motifs is 1. The number of carbonyl (C=O) groups is 1. The topological polar surface area (TPSA) is 26.3 Å². The molecule has 0 saturated heterocycles. The van der Waals surface area contributed by atoms with Crippen LogP contribution in [0, 0.1) is 0 Å². The second kappa shape index (κ2) is 6.93. The SMILES string of the molecule is CCCCCC(OC=O)c1cccc2ccccc12. The molecule has 0 aliphatic carbocycles. The van der Waals surface area contributed by atoms with E-state index in [0.717, 1.165) is 18.4 Å². The molecule has 2 heteroatoms. The summed E-state index contributed by atoms with van der Waals surface area (Å²) in [5.74, 6) is 0. The lowest BCUT2D eigenvalue weighted by Crippen LogP contribution is -2.04. The van der Waals surface area contributed by atoms with E-state index in [1.807, 2.05) is 18.2 Å². The lowest BCUT2D eigenvalue weighted by atomic mass is 9.97. The second-order valence-electron chi connectivity index (χ2n) is 4.79. The van der Waals surface area contributed by atoms with Crippen LogP contribution in [0.1, 0.15) is 44.3 Å². The number of ether oxygens (including phenoxy) is 1. The zero-order valence-electron chi connectivity index (χ0n) is 11.3. The van der Waals surface area contributed by atoms with Gasteiger partial charge in [0.1, 0.15) is 6.10 Å². The Bertz CT molecular complexity index is 528. The van der Waals surface area contributed by atoms with Crippen molar-refractivity contribution in [3.05, 3.63) is 48.0 Å². The fraction of sp³-hybridized carbons (Fsp3) is 0.353. The molecule has 0 aliphatic rings. The molecule has 2 nitrogen and oxygen atoms in total. The summed E-state index contributed by atoms with van der Waals surface area (Å²) in [6.07, 6.45) is 4.18. The second-order valence-corrected chi connectivity index (χ2v) is 4.79. The average molecular weight is 256 g/mol. The van der Waals surface area contributed by atoms with Crippen LogP contribution in [-0.4, -0.2) is 6.47 Å². The van der Waals surface area contributed by atoms with E-state index in [9.17, 15) is 4.79 Å². The van der Waals surface area contributed by atoms with Crippen LogP contribution in [0.2, 0.25) is 0 Å². The quantitative estimate of drug-likeness (QED) is 0.533. The summed E-state index contributed by atoms with van der Waals surface area (Å²) >= 11 is 0. The van der Waals surface area contributed by atoms with Crippen LogP contribution in [0.4, 0.5) is 0 Å². The first-order valence-corrected chi connectivity index (χ1v) is 6.93. The van der Waals surface area contributed by atoms with Crippen LogP contribution < -0.4 is 0 Å². The van der Waals surface area contributed by atoms with E-state index in [-0.39, 0.29) is 6.10 Å². The van der Waals surface area contributed by atoms with Gasteiger partial charge in [-0.2, -0.15) is 0 Å². The predicted octanol–water partition coefficient (Wildman–Crippen LogP) is 4.63. The highest BCUT2D eigenvalue weighted by Crippen LogP contribution is 2.29. The summed E-state index contributed by atoms with van der Waals surface area (Å²) in [6.45, 7) is 2.74. The van der Waals surface area contributed by atoms with E-state index in [0.29, 0.717) is 6.47 Å². The van der Waals surface area contributed by atoms with Gasteiger partial charge in [0.25, 0.3) is 6.47 Å². The number of hydrogen-bond acceptors (Lipinski definition) is 2. The van der Waals surface area contributed by atoms with Gasteiger partial charge in [0, 0.05) is 5.56 Å². The molecule has 0 heterocycles. The van der Waals surface area contributed by atoms with Gasteiger partial charge in [0.2, 0.25) is 0 Å². The maximum atomic E-state index is 10.7. The first-order valence-electron chi connectivity index (χ1n) is 6.93. The molecular weight excluding hydrogens is 236 g/mol. The van der Waals surface area contributed by atoms with Gasteiger partial charge in [-0.05, 0) is 23.6 Å². The Kier molecular flexibility index (Phi) is 4.96.